The Bertz CT molecular complexity index is 507. The number of furan rings is 1. The van der Waals surface area contributed by atoms with E-state index in [1.54, 1.807) is 22.0 Å². The summed E-state index contributed by atoms with van der Waals surface area (Å²) in [6.45, 7) is 5.66. The third kappa shape index (κ3) is 3.88. The number of carbonyl (C=O) groups is 1. The van der Waals surface area contributed by atoms with Gasteiger partial charge in [-0.25, -0.2) is 4.79 Å². The molecule has 0 aliphatic carbocycles. The molecule has 1 N–H and O–H groups in total. The summed E-state index contributed by atoms with van der Waals surface area (Å²) in [4.78, 5) is 13.9. The Morgan fingerprint density at radius 2 is 2.40 bits per heavy atom. The van der Waals surface area contributed by atoms with Crippen molar-refractivity contribution in [2.24, 2.45) is 0 Å². The molecule has 1 unspecified atom stereocenters. The van der Waals surface area contributed by atoms with Gasteiger partial charge in [-0.3, -0.25) is 4.68 Å². The summed E-state index contributed by atoms with van der Waals surface area (Å²) >= 11 is 0. The van der Waals surface area contributed by atoms with E-state index in [9.17, 15) is 4.79 Å². The van der Waals surface area contributed by atoms with Crippen molar-refractivity contribution in [3.8, 4) is 0 Å². The Morgan fingerprint density at radius 3 is 3.00 bits per heavy atom. The molecule has 108 valence electrons. The summed E-state index contributed by atoms with van der Waals surface area (Å²) in [6, 6.07) is 5.46. The zero-order chi connectivity index (χ0) is 14.4. The average Bonchev–Trinajstić information content (AvgIpc) is 3.08. The second-order valence-corrected chi connectivity index (χ2v) is 4.67. The van der Waals surface area contributed by atoms with Gasteiger partial charge in [-0.2, -0.15) is 5.10 Å². The highest BCUT2D eigenvalue weighted by molar-refractivity contribution is 5.74. The van der Waals surface area contributed by atoms with Gasteiger partial charge in [0, 0.05) is 25.0 Å². The van der Waals surface area contributed by atoms with Crippen LogP contribution in [0.4, 0.5) is 4.79 Å². The number of rotatable bonds is 6. The quantitative estimate of drug-likeness (QED) is 0.878. The molecule has 6 heteroatoms. The highest BCUT2D eigenvalue weighted by Gasteiger charge is 2.15. The Balaban J connectivity index is 1.85. The molecule has 2 aromatic rings. The van der Waals surface area contributed by atoms with E-state index in [2.05, 4.69) is 10.4 Å². The van der Waals surface area contributed by atoms with Crippen molar-refractivity contribution >= 4 is 6.03 Å². The molecule has 0 aliphatic heterocycles. The van der Waals surface area contributed by atoms with E-state index in [1.165, 1.54) is 0 Å². The predicted molar refractivity (Wildman–Crippen MR) is 75.0 cm³/mol. The Morgan fingerprint density at radius 1 is 1.55 bits per heavy atom. The second-order valence-electron chi connectivity index (χ2n) is 4.67. The van der Waals surface area contributed by atoms with Gasteiger partial charge < -0.3 is 14.6 Å². The molecule has 0 aromatic carbocycles. The van der Waals surface area contributed by atoms with Crippen molar-refractivity contribution in [1.29, 1.82) is 0 Å². The predicted octanol–water partition coefficient (Wildman–Crippen LogP) is 2.10. The van der Waals surface area contributed by atoms with Gasteiger partial charge in [0.2, 0.25) is 0 Å². The second kappa shape index (κ2) is 6.79. The molecule has 0 fully saturated rings. The molecule has 1 atom stereocenters. The van der Waals surface area contributed by atoms with Gasteiger partial charge in [0.15, 0.2) is 0 Å². The first-order valence-electron chi connectivity index (χ1n) is 6.74. The molecular weight excluding hydrogens is 256 g/mol. The standard InChI is InChI=1S/C14H20N4O2/c1-3-17(11-13-6-4-9-20-13)14(19)16-12(2)10-18-8-5-7-15-18/h4-9,12H,3,10-11H2,1-2H3,(H,16,19). The van der Waals surface area contributed by atoms with Crippen LogP contribution in [-0.2, 0) is 13.1 Å². The highest BCUT2D eigenvalue weighted by atomic mass is 16.3. The van der Waals surface area contributed by atoms with Gasteiger partial charge in [0.05, 0.1) is 19.4 Å². The zero-order valence-electron chi connectivity index (χ0n) is 11.8. The van der Waals surface area contributed by atoms with Gasteiger partial charge in [-0.1, -0.05) is 0 Å². The number of nitrogens with one attached hydrogen (secondary N) is 1. The van der Waals surface area contributed by atoms with Crippen molar-refractivity contribution < 1.29 is 9.21 Å². The number of nitrogens with zero attached hydrogens (tertiary/aromatic N) is 3. The molecule has 0 bridgehead atoms. The average molecular weight is 276 g/mol. The largest absolute Gasteiger partial charge is 0.467 e. The molecule has 0 aliphatic rings. The molecule has 0 radical (unpaired) electrons. The lowest BCUT2D eigenvalue weighted by Gasteiger charge is -2.23. The summed E-state index contributed by atoms with van der Waals surface area (Å²) in [5.41, 5.74) is 0. The first-order valence-corrected chi connectivity index (χ1v) is 6.74. The molecule has 0 spiro atoms. The van der Waals surface area contributed by atoms with E-state index >= 15 is 0 Å². The van der Waals surface area contributed by atoms with E-state index in [-0.39, 0.29) is 12.1 Å². The molecular formula is C14H20N4O2. The van der Waals surface area contributed by atoms with Gasteiger partial charge in [-0.15, -0.1) is 0 Å². The lowest BCUT2D eigenvalue weighted by Crippen LogP contribution is -2.44. The fraction of sp³-hybridized carbons (Fsp3) is 0.429. The topological polar surface area (TPSA) is 63.3 Å². The van der Waals surface area contributed by atoms with Crippen molar-refractivity contribution in [1.82, 2.24) is 20.0 Å². The van der Waals surface area contributed by atoms with Crippen LogP contribution in [0, 0.1) is 0 Å². The molecule has 2 heterocycles. The van der Waals surface area contributed by atoms with E-state index in [4.69, 9.17) is 4.42 Å². The fourth-order valence-electron chi connectivity index (χ4n) is 1.95. The van der Waals surface area contributed by atoms with Crippen LogP contribution in [-0.4, -0.2) is 33.3 Å². The maximum absolute atomic E-state index is 12.2. The van der Waals surface area contributed by atoms with E-state index in [0.717, 1.165) is 5.76 Å². The molecule has 6 nitrogen and oxygen atoms in total. The summed E-state index contributed by atoms with van der Waals surface area (Å²) in [5.74, 6) is 0.779. The Labute approximate surface area is 118 Å². The summed E-state index contributed by atoms with van der Waals surface area (Å²) in [7, 11) is 0. The summed E-state index contributed by atoms with van der Waals surface area (Å²) < 4.78 is 7.07. The third-order valence-electron chi connectivity index (χ3n) is 2.99. The number of amides is 2. The molecule has 2 aromatic heterocycles. The van der Waals surface area contributed by atoms with Gasteiger partial charge >= 0.3 is 6.03 Å². The van der Waals surface area contributed by atoms with Crippen molar-refractivity contribution in [3.05, 3.63) is 42.6 Å². The zero-order valence-corrected chi connectivity index (χ0v) is 11.8. The maximum Gasteiger partial charge on any atom is 0.318 e. The van der Waals surface area contributed by atoms with Crippen molar-refractivity contribution in [3.63, 3.8) is 0 Å². The fourth-order valence-corrected chi connectivity index (χ4v) is 1.95. The minimum Gasteiger partial charge on any atom is -0.467 e. The number of hydrogen-bond acceptors (Lipinski definition) is 3. The summed E-state index contributed by atoms with van der Waals surface area (Å²) in [6.07, 6.45) is 5.22. The number of hydrogen-bond donors (Lipinski definition) is 1. The van der Waals surface area contributed by atoms with E-state index < -0.39 is 0 Å². The molecule has 2 rings (SSSR count). The molecule has 2 amide bonds. The lowest BCUT2D eigenvalue weighted by atomic mass is 10.3. The van der Waals surface area contributed by atoms with Crippen LogP contribution in [0.1, 0.15) is 19.6 Å². The van der Waals surface area contributed by atoms with Gasteiger partial charge in [0.25, 0.3) is 0 Å². The van der Waals surface area contributed by atoms with Crippen LogP contribution in [0.15, 0.2) is 41.3 Å². The number of carbonyl (C=O) groups excluding carboxylic acids is 1. The Kier molecular flexibility index (Phi) is 4.81. The molecule has 20 heavy (non-hydrogen) atoms. The molecule has 0 saturated carbocycles. The normalized spacial score (nSPS) is 12.1. The van der Waals surface area contributed by atoms with Crippen LogP contribution < -0.4 is 5.32 Å². The minimum atomic E-state index is -0.0939. The smallest absolute Gasteiger partial charge is 0.318 e. The first kappa shape index (κ1) is 14.2. The number of urea groups is 1. The molecule has 0 saturated heterocycles. The maximum atomic E-state index is 12.2. The third-order valence-corrected chi connectivity index (χ3v) is 2.99. The van der Waals surface area contributed by atoms with E-state index in [0.29, 0.717) is 19.6 Å². The SMILES string of the molecule is CCN(Cc1ccco1)C(=O)NC(C)Cn1cccn1. The number of aromatic nitrogens is 2. The van der Waals surface area contributed by atoms with Crippen LogP contribution in [0.2, 0.25) is 0 Å². The lowest BCUT2D eigenvalue weighted by molar-refractivity contribution is 0.189. The minimum absolute atomic E-state index is 0.00745. The first-order chi connectivity index (χ1) is 9.69. The van der Waals surface area contributed by atoms with Crippen LogP contribution >= 0.6 is 0 Å². The van der Waals surface area contributed by atoms with Gasteiger partial charge in [-0.05, 0) is 32.0 Å². The summed E-state index contributed by atoms with van der Waals surface area (Å²) in [5, 5.41) is 7.09. The van der Waals surface area contributed by atoms with Crippen molar-refractivity contribution in [2.75, 3.05) is 6.54 Å². The monoisotopic (exact) mass is 276 g/mol. The Hall–Kier alpha value is -2.24. The van der Waals surface area contributed by atoms with Crippen LogP contribution in [0.5, 0.6) is 0 Å². The van der Waals surface area contributed by atoms with Gasteiger partial charge in [0.1, 0.15) is 5.76 Å². The van der Waals surface area contributed by atoms with E-state index in [1.807, 2.05) is 38.2 Å². The van der Waals surface area contributed by atoms with Crippen molar-refractivity contribution in [2.45, 2.75) is 33.0 Å². The highest BCUT2D eigenvalue weighted by Crippen LogP contribution is 2.05. The van der Waals surface area contributed by atoms with Crippen LogP contribution in [0.25, 0.3) is 0 Å². The van der Waals surface area contributed by atoms with Crippen LogP contribution in [0.3, 0.4) is 0 Å².